The molecule has 2 N–H and O–H groups in total. The van der Waals surface area contributed by atoms with Crippen LogP contribution < -0.4 is 10.6 Å². The molecule has 1 aliphatic heterocycles. The molecule has 25 heavy (non-hydrogen) atoms. The Morgan fingerprint density at radius 3 is 2.28 bits per heavy atom. The zero-order valence-corrected chi connectivity index (χ0v) is 14.0. The summed E-state index contributed by atoms with van der Waals surface area (Å²) in [5.74, 6) is -0.142. The molecule has 0 bridgehead atoms. The molecule has 1 aliphatic rings. The van der Waals surface area contributed by atoms with Gasteiger partial charge in [-0.25, -0.2) is 0 Å². The molecule has 2 aromatic rings. The Balaban J connectivity index is 1.46. The minimum atomic E-state index is -0.350. The van der Waals surface area contributed by atoms with Crippen molar-refractivity contribution in [3.8, 4) is 0 Å². The predicted molar refractivity (Wildman–Crippen MR) is 97.4 cm³/mol. The molecule has 0 saturated carbocycles. The van der Waals surface area contributed by atoms with Gasteiger partial charge in [0.1, 0.15) is 6.10 Å². The summed E-state index contributed by atoms with van der Waals surface area (Å²) in [6.07, 6.45) is 2.48. The second kappa shape index (κ2) is 8.44. The van der Waals surface area contributed by atoms with E-state index in [-0.39, 0.29) is 17.9 Å². The second-order valence-corrected chi connectivity index (χ2v) is 6.10. The summed E-state index contributed by atoms with van der Waals surface area (Å²) in [7, 11) is 0. The Morgan fingerprint density at radius 1 is 0.960 bits per heavy atom. The number of ether oxygens (including phenoxy) is 1. The molecular formula is C20H22N2O3. The van der Waals surface area contributed by atoms with Crippen LogP contribution in [0.2, 0.25) is 0 Å². The van der Waals surface area contributed by atoms with Crippen LogP contribution >= 0.6 is 0 Å². The Hall–Kier alpha value is -2.66. The monoisotopic (exact) mass is 338 g/mol. The lowest BCUT2D eigenvalue weighted by Crippen LogP contribution is -2.26. The van der Waals surface area contributed by atoms with Crippen molar-refractivity contribution in [1.29, 1.82) is 0 Å². The minimum absolute atomic E-state index is 0.0278. The Kier molecular flexibility index (Phi) is 5.80. The molecule has 0 spiro atoms. The van der Waals surface area contributed by atoms with Gasteiger partial charge in [0.15, 0.2) is 0 Å². The van der Waals surface area contributed by atoms with Gasteiger partial charge in [-0.05, 0) is 49.1 Å². The van der Waals surface area contributed by atoms with E-state index in [4.69, 9.17) is 4.74 Å². The Bertz CT molecular complexity index is 707. The molecule has 0 radical (unpaired) electrons. The summed E-state index contributed by atoms with van der Waals surface area (Å²) in [5, 5.41) is 5.71. The van der Waals surface area contributed by atoms with Crippen molar-refractivity contribution in [3.63, 3.8) is 0 Å². The van der Waals surface area contributed by atoms with Crippen LogP contribution in [0.1, 0.15) is 24.8 Å². The average molecular weight is 338 g/mol. The summed E-state index contributed by atoms with van der Waals surface area (Å²) >= 11 is 0. The van der Waals surface area contributed by atoms with Crippen LogP contribution in [0.3, 0.4) is 0 Å². The van der Waals surface area contributed by atoms with Crippen molar-refractivity contribution >= 4 is 23.2 Å². The Labute approximate surface area is 147 Å². The molecule has 1 fully saturated rings. The molecule has 130 valence electrons. The molecular weight excluding hydrogens is 316 g/mol. The molecule has 0 aromatic heterocycles. The molecule has 2 aromatic carbocycles. The lowest BCUT2D eigenvalue weighted by molar-refractivity contribution is -0.124. The molecule has 3 rings (SSSR count). The maximum absolute atomic E-state index is 12.0. The third-order valence-corrected chi connectivity index (χ3v) is 4.14. The number of amides is 2. The SMILES string of the molecule is O=C(CCc1ccccc1)Nc1ccc(NC(=O)[C@H]2CCCO2)cc1. The quantitative estimate of drug-likeness (QED) is 0.848. The highest BCUT2D eigenvalue weighted by Gasteiger charge is 2.23. The summed E-state index contributed by atoms with van der Waals surface area (Å²) in [5.41, 5.74) is 2.56. The van der Waals surface area contributed by atoms with Crippen molar-refractivity contribution in [2.45, 2.75) is 31.8 Å². The molecule has 2 amide bonds. The standard InChI is InChI=1S/C20H22N2O3/c23-19(13-8-15-5-2-1-3-6-15)21-16-9-11-17(12-10-16)22-20(24)18-7-4-14-25-18/h1-3,5-6,9-12,18H,4,7-8,13-14H2,(H,21,23)(H,22,24)/t18-/m1/s1. The molecule has 5 nitrogen and oxygen atoms in total. The van der Waals surface area contributed by atoms with Gasteiger partial charge in [0.05, 0.1) is 0 Å². The van der Waals surface area contributed by atoms with E-state index in [1.54, 1.807) is 24.3 Å². The van der Waals surface area contributed by atoms with Crippen LogP contribution in [0.5, 0.6) is 0 Å². The van der Waals surface area contributed by atoms with Crippen LogP contribution in [0, 0.1) is 0 Å². The second-order valence-electron chi connectivity index (χ2n) is 6.10. The number of nitrogens with one attached hydrogen (secondary N) is 2. The van der Waals surface area contributed by atoms with E-state index in [0.29, 0.717) is 30.8 Å². The van der Waals surface area contributed by atoms with Crippen molar-refractivity contribution in [2.75, 3.05) is 17.2 Å². The van der Waals surface area contributed by atoms with Gasteiger partial charge in [-0.15, -0.1) is 0 Å². The first-order chi connectivity index (χ1) is 12.2. The fourth-order valence-electron chi connectivity index (χ4n) is 2.77. The maximum atomic E-state index is 12.0. The number of carbonyl (C=O) groups excluding carboxylic acids is 2. The van der Waals surface area contributed by atoms with Gasteiger partial charge >= 0.3 is 0 Å². The van der Waals surface area contributed by atoms with E-state index in [0.717, 1.165) is 18.4 Å². The van der Waals surface area contributed by atoms with Crippen LogP contribution in [-0.2, 0) is 20.7 Å². The molecule has 1 atom stereocenters. The molecule has 1 heterocycles. The van der Waals surface area contributed by atoms with Crippen LogP contribution in [0.15, 0.2) is 54.6 Å². The summed E-state index contributed by atoms with van der Waals surface area (Å²) in [6.45, 7) is 0.645. The molecule has 1 saturated heterocycles. The largest absolute Gasteiger partial charge is 0.368 e. The summed E-state index contributed by atoms with van der Waals surface area (Å²) in [4.78, 5) is 24.0. The number of anilines is 2. The smallest absolute Gasteiger partial charge is 0.253 e. The molecule has 5 heteroatoms. The average Bonchev–Trinajstić information content (AvgIpc) is 3.17. The van der Waals surface area contributed by atoms with E-state index < -0.39 is 0 Å². The third-order valence-electron chi connectivity index (χ3n) is 4.14. The maximum Gasteiger partial charge on any atom is 0.253 e. The molecule has 0 aliphatic carbocycles. The Morgan fingerprint density at radius 2 is 1.64 bits per heavy atom. The van der Waals surface area contributed by atoms with Gasteiger partial charge in [-0.1, -0.05) is 30.3 Å². The number of benzene rings is 2. The van der Waals surface area contributed by atoms with E-state index in [1.165, 1.54) is 0 Å². The van der Waals surface area contributed by atoms with Crippen molar-refractivity contribution < 1.29 is 14.3 Å². The first kappa shape index (κ1) is 17.2. The minimum Gasteiger partial charge on any atom is -0.368 e. The van der Waals surface area contributed by atoms with Gasteiger partial charge in [-0.2, -0.15) is 0 Å². The van der Waals surface area contributed by atoms with Crippen molar-refractivity contribution in [1.82, 2.24) is 0 Å². The topological polar surface area (TPSA) is 67.4 Å². The zero-order chi connectivity index (χ0) is 17.5. The number of aryl methyl sites for hydroxylation is 1. The lowest BCUT2D eigenvalue weighted by atomic mass is 10.1. The number of hydrogen-bond acceptors (Lipinski definition) is 3. The van der Waals surface area contributed by atoms with E-state index in [2.05, 4.69) is 10.6 Å². The van der Waals surface area contributed by atoms with Crippen LogP contribution in [0.4, 0.5) is 11.4 Å². The third kappa shape index (κ3) is 5.16. The summed E-state index contributed by atoms with van der Waals surface area (Å²) < 4.78 is 5.36. The fourth-order valence-corrected chi connectivity index (χ4v) is 2.77. The number of rotatable bonds is 6. The van der Waals surface area contributed by atoms with Crippen LogP contribution in [-0.4, -0.2) is 24.5 Å². The number of hydrogen-bond donors (Lipinski definition) is 2. The van der Waals surface area contributed by atoms with Gasteiger partial charge in [0, 0.05) is 24.4 Å². The predicted octanol–water partition coefficient (Wildman–Crippen LogP) is 3.38. The molecule has 0 unspecified atom stereocenters. The first-order valence-electron chi connectivity index (χ1n) is 8.57. The lowest BCUT2D eigenvalue weighted by Gasteiger charge is -2.11. The zero-order valence-electron chi connectivity index (χ0n) is 14.0. The fraction of sp³-hybridized carbons (Fsp3) is 0.300. The van der Waals surface area contributed by atoms with Gasteiger partial charge < -0.3 is 15.4 Å². The summed E-state index contributed by atoms with van der Waals surface area (Å²) in [6, 6.07) is 17.0. The van der Waals surface area contributed by atoms with E-state index >= 15 is 0 Å². The van der Waals surface area contributed by atoms with Crippen LogP contribution in [0.25, 0.3) is 0 Å². The van der Waals surface area contributed by atoms with Gasteiger partial charge in [-0.3, -0.25) is 9.59 Å². The highest BCUT2D eigenvalue weighted by molar-refractivity contribution is 5.95. The highest BCUT2D eigenvalue weighted by Crippen LogP contribution is 2.17. The van der Waals surface area contributed by atoms with E-state index in [9.17, 15) is 9.59 Å². The normalized spacial score (nSPS) is 16.4. The van der Waals surface area contributed by atoms with Crippen molar-refractivity contribution in [2.24, 2.45) is 0 Å². The van der Waals surface area contributed by atoms with Crippen molar-refractivity contribution in [3.05, 3.63) is 60.2 Å². The highest BCUT2D eigenvalue weighted by atomic mass is 16.5. The first-order valence-corrected chi connectivity index (χ1v) is 8.57. The van der Waals surface area contributed by atoms with Gasteiger partial charge in [0.2, 0.25) is 5.91 Å². The van der Waals surface area contributed by atoms with Gasteiger partial charge in [0.25, 0.3) is 5.91 Å². The van der Waals surface area contributed by atoms with E-state index in [1.807, 2.05) is 30.3 Å². The number of carbonyl (C=O) groups is 2.